The average molecular weight is 305 g/mol. The molecule has 0 unspecified atom stereocenters. The fraction of sp³-hybridized carbons (Fsp3) is 0.333. The van der Waals surface area contributed by atoms with Gasteiger partial charge in [0.25, 0.3) is 0 Å². The average Bonchev–Trinajstić information content (AvgIpc) is 2.93. The van der Waals surface area contributed by atoms with E-state index in [4.69, 9.17) is 4.52 Å². The van der Waals surface area contributed by atoms with Crippen LogP contribution in [0.25, 0.3) is 10.7 Å². The molecule has 102 valence electrons. The van der Waals surface area contributed by atoms with Gasteiger partial charge in [0.1, 0.15) is 0 Å². The molecule has 0 bridgehead atoms. The largest absolute Gasteiger partial charge is 0.338 e. The van der Waals surface area contributed by atoms with Crippen LogP contribution in [0.4, 0.5) is 0 Å². The zero-order valence-corrected chi connectivity index (χ0v) is 12.1. The SMILES string of the molecule is c1csc(-c2nc(SCc3nc(C4CC4)no3)n[nH]2)c1. The molecule has 4 rings (SSSR count). The van der Waals surface area contributed by atoms with Gasteiger partial charge < -0.3 is 4.52 Å². The lowest BCUT2D eigenvalue weighted by Crippen LogP contribution is -1.84. The second-order valence-corrected chi connectivity index (χ2v) is 6.44. The van der Waals surface area contributed by atoms with E-state index in [9.17, 15) is 0 Å². The topological polar surface area (TPSA) is 80.5 Å². The monoisotopic (exact) mass is 305 g/mol. The fourth-order valence-corrected chi connectivity index (χ4v) is 3.09. The van der Waals surface area contributed by atoms with Crippen LogP contribution in [0.3, 0.4) is 0 Å². The number of hydrogen-bond donors (Lipinski definition) is 1. The molecule has 3 aromatic rings. The normalized spacial score (nSPS) is 14.8. The zero-order chi connectivity index (χ0) is 13.4. The lowest BCUT2D eigenvalue weighted by atomic mass is 10.4. The van der Waals surface area contributed by atoms with Gasteiger partial charge in [0.2, 0.25) is 11.0 Å². The smallest absolute Gasteiger partial charge is 0.237 e. The van der Waals surface area contributed by atoms with Crippen LogP contribution in [-0.4, -0.2) is 25.3 Å². The predicted molar refractivity (Wildman–Crippen MR) is 75.5 cm³/mol. The molecular formula is C12H11N5OS2. The molecular weight excluding hydrogens is 294 g/mol. The van der Waals surface area contributed by atoms with Crippen LogP contribution in [0.2, 0.25) is 0 Å². The first kappa shape index (κ1) is 12.1. The molecule has 1 aliphatic carbocycles. The highest BCUT2D eigenvalue weighted by molar-refractivity contribution is 7.98. The molecule has 6 nitrogen and oxygen atoms in total. The Bertz CT molecular complexity index is 701. The van der Waals surface area contributed by atoms with E-state index in [1.165, 1.54) is 24.6 Å². The van der Waals surface area contributed by atoms with Gasteiger partial charge in [-0.25, -0.2) is 4.98 Å². The second-order valence-electron chi connectivity index (χ2n) is 4.55. The van der Waals surface area contributed by atoms with E-state index in [1.807, 2.05) is 17.5 Å². The standard InChI is InChI=1S/C12H11N5OS2/c1-2-8(19-5-1)11-14-12(16-15-11)20-6-9-13-10(17-18-9)7-3-4-7/h1-2,5,7H,3-4,6H2,(H,14,15,16). The molecule has 1 N–H and O–H groups in total. The third kappa shape index (κ3) is 2.48. The molecule has 0 saturated heterocycles. The van der Waals surface area contributed by atoms with Crippen molar-refractivity contribution in [2.45, 2.75) is 29.7 Å². The van der Waals surface area contributed by atoms with Crippen molar-refractivity contribution >= 4 is 23.1 Å². The summed E-state index contributed by atoms with van der Waals surface area (Å²) in [4.78, 5) is 9.90. The highest BCUT2D eigenvalue weighted by Gasteiger charge is 2.28. The van der Waals surface area contributed by atoms with Crippen molar-refractivity contribution in [3.05, 3.63) is 29.2 Å². The van der Waals surface area contributed by atoms with Crippen LogP contribution in [0.1, 0.15) is 30.5 Å². The second kappa shape index (κ2) is 5.02. The first-order valence-electron chi connectivity index (χ1n) is 6.30. The molecule has 3 aromatic heterocycles. The quantitative estimate of drug-likeness (QED) is 0.730. The molecule has 0 aromatic carbocycles. The van der Waals surface area contributed by atoms with Gasteiger partial charge in [-0.1, -0.05) is 23.0 Å². The number of aromatic nitrogens is 5. The lowest BCUT2D eigenvalue weighted by Gasteiger charge is -1.89. The number of thioether (sulfide) groups is 1. The minimum atomic E-state index is 0.520. The van der Waals surface area contributed by atoms with Crippen molar-refractivity contribution in [2.24, 2.45) is 0 Å². The van der Waals surface area contributed by atoms with Gasteiger partial charge in [0, 0.05) is 5.92 Å². The lowest BCUT2D eigenvalue weighted by molar-refractivity contribution is 0.385. The van der Waals surface area contributed by atoms with Crippen LogP contribution in [0.5, 0.6) is 0 Å². The van der Waals surface area contributed by atoms with E-state index in [1.54, 1.807) is 11.3 Å². The van der Waals surface area contributed by atoms with Crippen molar-refractivity contribution < 1.29 is 4.52 Å². The van der Waals surface area contributed by atoms with Crippen molar-refractivity contribution in [3.8, 4) is 10.7 Å². The predicted octanol–water partition coefficient (Wildman–Crippen LogP) is 3.09. The molecule has 0 aliphatic heterocycles. The fourth-order valence-electron chi connectivity index (χ4n) is 1.79. The summed E-state index contributed by atoms with van der Waals surface area (Å²) in [5.41, 5.74) is 0. The minimum Gasteiger partial charge on any atom is -0.338 e. The Labute approximate surface area is 123 Å². The van der Waals surface area contributed by atoms with Crippen molar-refractivity contribution in [2.75, 3.05) is 0 Å². The summed E-state index contributed by atoms with van der Waals surface area (Å²) in [6, 6.07) is 4.01. The Morgan fingerprint density at radius 3 is 3.15 bits per heavy atom. The maximum absolute atomic E-state index is 5.22. The number of aromatic amines is 1. The highest BCUT2D eigenvalue weighted by atomic mass is 32.2. The highest BCUT2D eigenvalue weighted by Crippen LogP contribution is 2.38. The van der Waals surface area contributed by atoms with Gasteiger partial charge in [-0.3, -0.25) is 5.10 Å². The maximum atomic E-state index is 5.22. The van der Waals surface area contributed by atoms with Crippen LogP contribution < -0.4 is 0 Å². The van der Waals surface area contributed by atoms with Gasteiger partial charge in [0.05, 0.1) is 10.6 Å². The molecule has 0 atom stereocenters. The Morgan fingerprint density at radius 2 is 2.35 bits per heavy atom. The van der Waals surface area contributed by atoms with E-state index in [0.717, 1.165) is 16.5 Å². The number of rotatable bonds is 5. The molecule has 1 saturated carbocycles. The van der Waals surface area contributed by atoms with Crippen molar-refractivity contribution in [1.82, 2.24) is 25.3 Å². The summed E-state index contributed by atoms with van der Waals surface area (Å²) in [6.07, 6.45) is 2.36. The zero-order valence-electron chi connectivity index (χ0n) is 10.4. The van der Waals surface area contributed by atoms with E-state index in [-0.39, 0.29) is 0 Å². The van der Waals surface area contributed by atoms with E-state index in [0.29, 0.717) is 22.7 Å². The third-order valence-corrected chi connectivity index (χ3v) is 4.68. The van der Waals surface area contributed by atoms with Gasteiger partial charge in [-0.2, -0.15) is 4.98 Å². The summed E-state index contributed by atoms with van der Waals surface area (Å²) in [6.45, 7) is 0. The summed E-state index contributed by atoms with van der Waals surface area (Å²) in [5.74, 6) is 3.40. The Balaban J connectivity index is 1.41. The Hall–Kier alpha value is -1.67. The molecule has 3 heterocycles. The molecule has 20 heavy (non-hydrogen) atoms. The van der Waals surface area contributed by atoms with Crippen LogP contribution in [-0.2, 0) is 5.75 Å². The van der Waals surface area contributed by atoms with Gasteiger partial charge in [-0.15, -0.1) is 16.4 Å². The molecule has 0 radical (unpaired) electrons. The molecule has 0 spiro atoms. The molecule has 8 heteroatoms. The summed E-state index contributed by atoms with van der Waals surface area (Å²) < 4.78 is 5.22. The summed E-state index contributed by atoms with van der Waals surface area (Å²) >= 11 is 3.13. The van der Waals surface area contributed by atoms with Crippen LogP contribution in [0.15, 0.2) is 27.2 Å². The number of nitrogens with one attached hydrogen (secondary N) is 1. The number of hydrogen-bond acceptors (Lipinski definition) is 7. The number of nitrogens with zero attached hydrogens (tertiary/aromatic N) is 4. The van der Waals surface area contributed by atoms with Gasteiger partial charge >= 0.3 is 0 Å². The minimum absolute atomic E-state index is 0.520. The first-order chi connectivity index (χ1) is 9.88. The Kier molecular flexibility index (Phi) is 3.04. The number of thiophene rings is 1. The van der Waals surface area contributed by atoms with E-state index < -0.39 is 0 Å². The third-order valence-electron chi connectivity index (χ3n) is 2.97. The number of H-pyrrole nitrogens is 1. The van der Waals surface area contributed by atoms with Crippen LogP contribution >= 0.6 is 23.1 Å². The first-order valence-corrected chi connectivity index (χ1v) is 8.16. The molecule has 1 fully saturated rings. The molecule has 1 aliphatic rings. The summed E-state index contributed by atoms with van der Waals surface area (Å²) in [7, 11) is 0. The van der Waals surface area contributed by atoms with Crippen molar-refractivity contribution in [1.29, 1.82) is 0 Å². The Morgan fingerprint density at radius 1 is 1.40 bits per heavy atom. The van der Waals surface area contributed by atoms with Crippen LogP contribution in [0, 0.1) is 0 Å². The maximum Gasteiger partial charge on any atom is 0.237 e. The van der Waals surface area contributed by atoms with E-state index in [2.05, 4.69) is 25.3 Å². The van der Waals surface area contributed by atoms with E-state index >= 15 is 0 Å². The van der Waals surface area contributed by atoms with Gasteiger partial charge in [-0.05, 0) is 24.3 Å². The molecule has 0 amide bonds. The summed E-state index contributed by atoms with van der Waals surface area (Å²) in [5, 5.41) is 13.8. The van der Waals surface area contributed by atoms with Gasteiger partial charge in [0.15, 0.2) is 11.6 Å². The van der Waals surface area contributed by atoms with Crippen molar-refractivity contribution in [3.63, 3.8) is 0 Å².